The van der Waals surface area contributed by atoms with Crippen LogP contribution in [0.5, 0.6) is 0 Å². The van der Waals surface area contributed by atoms with Crippen molar-refractivity contribution < 1.29 is 0 Å². The van der Waals surface area contributed by atoms with Gasteiger partial charge in [0.15, 0.2) is 7.28 Å². The molecule has 1 aliphatic heterocycles. The van der Waals surface area contributed by atoms with Gasteiger partial charge in [-0.15, -0.1) is 0 Å². The van der Waals surface area contributed by atoms with E-state index in [2.05, 4.69) is 231 Å². The van der Waals surface area contributed by atoms with E-state index in [1.807, 2.05) is 0 Å². The van der Waals surface area contributed by atoms with Crippen molar-refractivity contribution in [3.8, 4) is 28.2 Å². The smallest absolute Gasteiger partial charge is 0.198 e. The zero-order valence-electron chi connectivity index (χ0n) is 38.1. The minimum atomic E-state index is 0.0924. The van der Waals surface area contributed by atoms with Gasteiger partial charge in [-0.3, -0.25) is 0 Å². The molecule has 0 saturated heterocycles. The lowest BCUT2D eigenvalue weighted by Gasteiger charge is -2.42. The number of aryl methyl sites for hydroxylation is 2. The molecule has 65 heavy (non-hydrogen) atoms. The molecule has 0 atom stereocenters. The van der Waals surface area contributed by atoms with Crippen LogP contribution < -0.4 is 21.1 Å². The Morgan fingerprint density at radius 2 is 1.28 bits per heavy atom. The minimum absolute atomic E-state index is 0.0924. The summed E-state index contributed by atoms with van der Waals surface area (Å²) in [6.07, 6.45) is 2.36. The third-order valence-corrected chi connectivity index (χ3v) is 14.7. The Balaban J connectivity index is 1.11. The molecule has 0 amide bonds. The highest BCUT2D eigenvalue weighted by molar-refractivity contribution is 6.73. The number of para-hydroxylation sites is 3. The molecule has 8 aromatic carbocycles. The van der Waals surface area contributed by atoms with Crippen molar-refractivity contribution in [1.82, 2.24) is 14.1 Å². The fraction of sp³-hybridized carbons (Fsp3) is 0.169. The van der Waals surface area contributed by atoms with Crippen LogP contribution >= 0.6 is 0 Å². The third-order valence-electron chi connectivity index (χ3n) is 14.7. The second kappa shape index (κ2) is 14.6. The molecule has 6 heteroatoms. The van der Waals surface area contributed by atoms with Crippen molar-refractivity contribution in [2.75, 3.05) is 10.2 Å². The molecule has 12 rings (SSSR count). The molecular weight excluding hydrogens is 789 g/mol. The first kappa shape index (κ1) is 39.3. The summed E-state index contributed by atoms with van der Waals surface area (Å²) < 4.78 is 4.80. The van der Waals surface area contributed by atoms with Crippen LogP contribution in [0.3, 0.4) is 0 Å². The predicted molar refractivity (Wildman–Crippen MR) is 277 cm³/mol. The molecular formula is C59H52BN5. The van der Waals surface area contributed by atoms with Crippen LogP contribution in [0.4, 0.5) is 28.4 Å². The Kier molecular flexibility index (Phi) is 8.84. The van der Waals surface area contributed by atoms with Crippen molar-refractivity contribution in [3.05, 3.63) is 187 Å². The topological polar surface area (TPSA) is 38.0 Å². The maximum absolute atomic E-state index is 5.28. The highest BCUT2D eigenvalue weighted by atomic mass is 15.1. The average Bonchev–Trinajstić information content (AvgIpc) is 3.85. The third kappa shape index (κ3) is 6.25. The summed E-state index contributed by atoms with van der Waals surface area (Å²) >= 11 is 0. The first-order chi connectivity index (χ1) is 31.5. The van der Waals surface area contributed by atoms with Gasteiger partial charge in [-0.25, -0.2) is 4.98 Å². The van der Waals surface area contributed by atoms with Gasteiger partial charge in [0.05, 0.1) is 16.6 Å². The van der Waals surface area contributed by atoms with E-state index in [1.54, 1.807) is 0 Å². The number of aromatic nitrogens is 3. The number of hydrogen-bond donors (Lipinski definition) is 1. The van der Waals surface area contributed by atoms with E-state index in [9.17, 15) is 0 Å². The molecule has 0 unspecified atom stereocenters. The van der Waals surface area contributed by atoms with Gasteiger partial charge in [0, 0.05) is 68.6 Å². The fourth-order valence-electron chi connectivity index (χ4n) is 11.2. The number of benzene rings is 8. The second-order valence-electron chi connectivity index (χ2n) is 19.7. The molecule has 5 nitrogen and oxygen atoms in total. The molecule has 0 bridgehead atoms. The maximum atomic E-state index is 5.28. The summed E-state index contributed by atoms with van der Waals surface area (Å²) in [7, 11) is 2.92. The summed E-state index contributed by atoms with van der Waals surface area (Å²) in [6, 6.07) is 62.3. The second-order valence-corrected chi connectivity index (χ2v) is 19.7. The number of fused-ring (bicyclic) bond motifs is 7. The molecule has 1 aliphatic carbocycles. The molecule has 0 saturated carbocycles. The Morgan fingerprint density at radius 1 is 0.615 bits per heavy atom. The van der Waals surface area contributed by atoms with Crippen LogP contribution in [-0.4, -0.2) is 21.4 Å². The highest BCUT2D eigenvalue weighted by Crippen LogP contribution is 2.48. The number of nitrogens with zero attached hydrogens (tertiary/aromatic N) is 4. The lowest BCUT2D eigenvalue weighted by Crippen LogP contribution is -2.37. The zero-order chi connectivity index (χ0) is 44.2. The van der Waals surface area contributed by atoms with Crippen LogP contribution in [0.25, 0.3) is 61.0 Å². The molecule has 10 aromatic rings. The number of anilines is 5. The first-order valence-corrected chi connectivity index (χ1v) is 23.1. The zero-order valence-corrected chi connectivity index (χ0v) is 38.1. The fourth-order valence-corrected chi connectivity index (χ4v) is 11.2. The lowest BCUT2D eigenvalue weighted by molar-refractivity contribution is 0.332. The van der Waals surface area contributed by atoms with E-state index in [0.29, 0.717) is 0 Å². The van der Waals surface area contributed by atoms with E-state index in [-0.39, 0.29) is 10.8 Å². The van der Waals surface area contributed by atoms with Gasteiger partial charge in [0.25, 0.3) is 0 Å². The molecule has 3 heterocycles. The van der Waals surface area contributed by atoms with E-state index in [1.165, 1.54) is 79.1 Å². The Morgan fingerprint density at radius 3 is 2.00 bits per heavy atom. The van der Waals surface area contributed by atoms with E-state index >= 15 is 0 Å². The molecule has 0 radical (unpaired) electrons. The Bertz CT molecular complexity index is 3470. The maximum Gasteiger partial charge on any atom is 0.198 e. The van der Waals surface area contributed by atoms with Crippen LogP contribution in [0.1, 0.15) is 57.2 Å². The standard InChI is InChI=1S/C59H52BN5/c1-37-32-45(55-56-54(37)43-24-16-17-25-51(43)65(56)52-36-53-50(35-48(52)60-55)62-57(63(53)6)38-18-10-7-11-19-38)44-34-42(64(40-20-12-8-13-21-40)41-22-14-9-15-23-41)27-29-49(44)61-39-26-28-46-47(33-39)59(4,5)31-30-58(46,2)3/h7-29,32-36,60-61H,30-31H2,1-6H3. The largest absolute Gasteiger partial charge is 0.355 e. The molecule has 2 aliphatic rings. The molecule has 0 fully saturated rings. The molecule has 316 valence electrons. The van der Waals surface area contributed by atoms with Gasteiger partial charge in [0.2, 0.25) is 0 Å². The monoisotopic (exact) mass is 841 g/mol. The van der Waals surface area contributed by atoms with Crippen LogP contribution in [0, 0.1) is 6.92 Å². The average molecular weight is 842 g/mol. The van der Waals surface area contributed by atoms with Crippen LogP contribution in [0.15, 0.2) is 170 Å². The number of hydrogen-bond acceptors (Lipinski definition) is 3. The summed E-state index contributed by atoms with van der Waals surface area (Å²) in [5.74, 6) is 0.975. The van der Waals surface area contributed by atoms with E-state index in [0.717, 1.165) is 58.1 Å². The quantitative estimate of drug-likeness (QED) is 0.162. The summed E-state index contributed by atoms with van der Waals surface area (Å²) in [4.78, 5) is 7.65. The molecule has 0 spiro atoms. The summed E-state index contributed by atoms with van der Waals surface area (Å²) in [6.45, 7) is 11.9. The van der Waals surface area contributed by atoms with E-state index < -0.39 is 0 Å². The van der Waals surface area contributed by atoms with Crippen LogP contribution in [-0.2, 0) is 17.9 Å². The first-order valence-electron chi connectivity index (χ1n) is 23.1. The van der Waals surface area contributed by atoms with Crippen molar-refractivity contribution in [1.29, 1.82) is 0 Å². The van der Waals surface area contributed by atoms with Gasteiger partial charge in [-0.2, -0.15) is 0 Å². The lowest BCUT2D eigenvalue weighted by atomic mass is 9.58. The van der Waals surface area contributed by atoms with Gasteiger partial charge in [-0.1, -0.05) is 130 Å². The highest BCUT2D eigenvalue weighted by Gasteiger charge is 2.37. The predicted octanol–water partition coefficient (Wildman–Crippen LogP) is 13.6. The molecule has 1 N–H and O–H groups in total. The Labute approximate surface area is 382 Å². The SMILES string of the molecule is Cc1cc(-c2cc(N(c3ccccc3)c3ccccc3)ccc2Nc2ccc3c(c2)C(C)(C)CCC3(C)C)c2c3c1c1ccccc1n3-c1cc3c(cc1B2)nc(-c1ccccc1)n3C. The summed E-state index contributed by atoms with van der Waals surface area (Å²) in [5.41, 5.74) is 21.9. The van der Waals surface area contributed by atoms with Crippen molar-refractivity contribution in [2.45, 2.75) is 58.3 Å². The number of rotatable bonds is 7. The van der Waals surface area contributed by atoms with Crippen molar-refractivity contribution in [3.63, 3.8) is 0 Å². The van der Waals surface area contributed by atoms with Gasteiger partial charge >= 0.3 is 0 Å². The van der Waals surface area contributed by atoms with Gasteiger partial charge in [0.1, 0.15) is 5.82 Å². The van der Waals surface area contributed by atoms with Crippen molar-refractivity contribution >= 4 is 79.5 Å². The van der Waals surface area contributed by atoms with Gasteiger partial charge < -0.3 is 19.4 Å². The Hall–Kier alpha value is -7.31. The van der Waals surface area contributed by atoms with Crippen molar-refractivity contribution in [2.24, 2.45) is 7.05 Å². The normalized spacial score (nSPS) is 14.6. The number of nitrogens with one attached hydrogen (secondary N) is 1. The number of imidazole rings is 1. The minimum Gasteiger partial charge on any atom is -0.355 e. The molecule has 2 aromatic heterocycles. The van der Waals surface area contributed by atoms with E-state index in [4.69, 9.17) is 4.98 Å². The van der Waals surface area contributed by atoms with Gasteiger partial charge in [-0.05, 0) is 131 Å². The summed E-state index contributed by atoms with van der Waals surface area (Å²) in [5, 5.41) is 6.64. The van der Waals surface area contributed by atoms with Crippen LogP contribution in [0.2, 0.25) is 0 Å².